The second-order valence-corrected chi connectivity index (χ2v) is 8.15. The molecule has 2 aromatic heterocycles. The van der Waals surface area contributed by atoms with Crippen molar-refractivity contribution < 1.29 is 4.79 Å². The van der Waals surface area contributed by atoms with Gasteiger partial charge < -0.3 is 5.32 Å². The first-order valence-electron chi connectivity index (χ1n) is 9.02. The number of hydrogen-bond acceptors (Lipinski definition) is 4. The van der Waals surface area contributed by atoms with E-state index in [4.69, 9.17) is 11.6 Å². The third-order valence-corrected chi connectivity index (χ3v) is 5.99. The molecular formula is C22H18ClN3O2S. The van der Waals surface area contributed by atoms with Gasteiger partial charge in [-0.2, -0.15) is 0 Å². The molecule has 5 nitrogen and oxygen atoms in total. The van der Waals surface area contributed by atoms with Crippen molar-refractivity contribution in [1.29, 1.82) is 0 Å². The monoisotopic (exact) mass is 423 g/mol. The van der Waals surface area contributed by atoms with Crippen LogP contribution in [0.4, 0.5) is 5.69 Å². The molecule has 2 aromatic carbocycles. The third-order valence-electron chi connectivity index (χ3n) is 4.69. The second-order valence-electron chi connectivity index (χ2n) is 6.89. The van der Waals surface area contributed by atoms with E-state index < -0.39 is 0 Å². The fourth-order valence-corrected chi connectivity index (χ4v) is 4.14. The number of hydrogen-bond donors (Lipinski definition) is 1. The number of carbonyl (C=O) groups excluding carboxylic acids is 1. The minimum Gasteiger partial charge on any atom is -0.324 e. The number of aryl methyl sites for hydroxylation is 2. The van der Waals surface area contributed by atoms with E-state index >= 15 is 0 Å². The summed E-state index contributed by atoms with van der Waals surface area (Å²) in [5.74, 6) is -0.319. The smallest absolute Gasteiger partial charge is 0.263 e. The zero-order valence-electron chi connectivity index (χ0n) is 15.9. The van der Waals surface area contributed by atoms with Gasteiger partial charge in [0.1, 0.15) is 11.4 Å². The maximum absolute atomic E-state index is 13.1. The number of rotatable bonds is 4. The number of thiophene rings is 1. The molecule has 4 aromatic rings. The first kappa shape index (κ1) is 19.4. The number of benzene rings is 2. The van der Waals surface area contributed by atoms with Crippen molar-refractivity contribution in [1.82, 2.24) is 9.55 Å². The number of nitrogens with zero attached hydrogens (tertiary/aromatic N) is 2. The SMILES string of the molecule is Cc1ccc(-c2csc3ncn(CC(=O)Nc4ccc(C)c(Cl)c4)c(=O)c23)cc1. The summed E-state index contributed by atoms with van der Waals surface area (Å²) in [4.78, 5) is 30.6. The number of fused-ring (bicyclic) bond motifs is 1. The molecule has 0 saturated heterocycles. The van der Waals surface area contributed by atoms with Gasteiger partial charge in [-0.3, -0.25) is 14.2 Å². The molecule has 1 N–H and O–H groups in total. The zero-order valence-corrected chi connectivity index (χ0v) is 17.5. The molecule has 0 spiro atoms. The minimum atomic E-state index is -0.319. The van der Waals surface area contributed by atoms with Crippen molar-refractivity contribution in [2.24, 2.45) is 0 Å². The summed E-state index contributed by atoms with van der Waals surface area (Å²) in [5, 5.41) is 5.81. The Morgan fingerprint density at radius 3 is 2.66 bits per heavy atom. The van der Waals surface area contributed by atoms with Crippen LogP contribution in [0.25, 0.3) is 21.3 Å². The number of carbonyl (C=O) groups is 1. The van der Waals surface area contributed by atoms with Crippen LogP contribution in [0.1, 0.15) is 11.1 Å². The maximum atomic E-state index is 13.1. The van der Waals surface area contributed by atoms with E-state index in [0.29, 0.717) is 20.9 Å². The van der Waals surface area contributed by atoms with Gasteiger partial charge >= 0.3 is 0 Å². The third kappa shape index (κ3) is 3.95. The molecule has 0 atom stereocenters. The Balaban J connectivity index is 1.64. The van der Waals surface area contributed by atoms with Gasteiger partial charge in [0, 0.05) is 21.7 Å². The van der Waals surface area contributed by atoms with Crippen molar-refractivity contribution >= 4 is 44.7 Å². The maximum Gasteiger partial charge on any atom is 0.263 e. The van der Waals surface area contributed by atoms with E-state index in [-0.39, 0.29) is 18.0 Å². The summed E-state index contributed by atoms with van der Waals surface area (Å²) in [5.41, 5.74) is 4.22. The van der Waals surface area contributed by atoms with E-state index in [2.05, 4.69) is 10.3 Å². The van der Waals surface area contributed by atoms with Crippen LogP contribution in [0.5, 0.6) is 0 Å². The average Bonchev–Trinajstić information content (AvgIpc) is 3.12. The van der Waals surface area contributed by atoms with Crippen LogP contribution in [0.2, 0.25) is 5.02 Å². The zero-order chi connectivity index (χ0) is 20.5. The van der Waals surface area contributed by atoms with Gasteiger partial charge in [0.2, 0.25) is 5.91 Å². The molecule has 2 heterocycles. The first-order chi connectivity index (χ1) is 13.9. The molecule has 0 aliphatic carbocycles. The fourth-order valence-electron chi connectivity index (χ4n) is 3.05. The number of anilines is 1. The standard InChI is InChI=1S/C22H18ClN3O2S/c1-13-3-6-15(7-4-13)17-11-29-21-20(17)22(28)26(12-24-21)10-19(27)25-16-8-5-14(2)18(23)9-16/h3-9,11-12H,10H2,1-2H3,(H,25,27). The molecule has 1 amide bonds. The van der Waals surface area contributed by atoms with Gasteiger partial charge in [0.15, 0.2) is 0 Å². The van der Waals surface area contributed by atoms with Crippen molar-refractivity contribution in [2.75, 3.05) is 5.32 Å². The topological polar surface area (TPSA) is 64.0 Å². The molecular weight excluding hydrogens is 406 g/mol. The summed E-state index contributed by atoms with van der Waals surface area (Å²) >= 11 is 7.53. The van der Waals surface area contributed by atoms with Crippen LogP contribution in [-0.4, -0.2) is 15.5 Å². The minimum absolute atomic E-state index is 0.129. The highest BCUT2D eigenvalue weighted by atomic mass is 35.5. The lowest BCUT2D eigenvalue weighted by atomic mass is 10.1. The predicted octanol–water partition coefficient (Wildman–Crippen LogP) is 5.03. The van der Waals surface area contributed by atoms with Crippen LogP contribution in [-0.2, 0) is 11.3 Å². The summed E-state index contributed by atoms with van der Waals surface area (Å²) < 4.78 is 1.33. The van der Waals surface area contributed by atoms with E-state index in [1.54, 1.807) is 12.1 Å². The molecule has 0 aliphatic rings. The van der Waals surface area contributed by atoms with Crippen LogP contribution >= 0.6 is 22.9 Å². The molecule has 0 radical (unpaired) electrons. The number of nitrogens with one attached hydrogen (secondary N) is 1. The highest BCUT2D eigenvalue weighted by Gasteiger charge is 2.15. The van der Waals surface area contributed by atoms with Crippen molar-refractivity contribution in [3.8, 4) is 11.1 Å². The van der Waals surface area contributed by atoms with Crippen LogP contribution in [0, 0.1) is 13.8 Å². The Morgan fingerprint density at radius 2 is 1.93 bits per heavy atom. The average molecular weight is 424 g/mol. The van der Waals surface area contributed by atoms with Gasteiger partial charge in [-0.15, -0.1) is 11.3 Å². The summed E-state index contributed by atoms with van der Waals surface area (Å²) in [7, 11) is 0. The lowest BCUT2D eigenvalue weighted by molar-refractivity contribution is -0.116. The number of aromatic nitrogens is 2. The molecule has 7 heteroatoms. The first-order valence-corrected chi connectivity index (χ1v) is 10.3. The van der Waals surface area contributed by atoms with Gasteiger partial charge in [0.25, 0.3) is 5.56 Å². The van der Waals surface area contributed by atoms with Crippen molar-refractivity contribution in [3.05, 3.63) is 80.7 Å². The van der Waals surface area contributed by atoms with Crippen molar-refractivity contribution in [3.63, 3.8) is 0 Å². The summed E-state index contributed by atoms with van der Waals surface area (Å²) in [6.45, 7) is 3.78. The van der Waals surface area contributed by atoms with E-state index in [1.165, 1.54) is 22.2 Å². The van der Waals surface area contributed by atoms with E-state index in [0.717, 1.165) is 22.3 Å². The quantitative estimate of drug-likeness (QED) is 0.500. The van der Waals surface area contributed by atoms with Gasteiger partial charge in [-0.25, -0.2) is 4.98 Å². The molecule has 29 heavy (non-hydrogen) atoms. The highest BCUT2D eigenvalue weighted by molar-refractivity contribution is 7.17. The van der Waals surface area contributed by atoms with Gasteiger partial charge in [-0.1, -0.05) is 47.5 Å². The van der Waals surface area contributed by atoms with Gasteiger partial charge in [-0.05, 0) is 37.1 Å². The normalized spacial score (nSPS) is 11.0. The molecule has 4 rings (SSSR count). The Labute approximate surface area is 176 Å². The summed E-state index contributed by atoms with van der Waals surface area (Å²) in [6.07, 6.45) is 1.42. The lowest BCUT2D eigenvalue weighted by Gasteiger charge is -2.09. The lowest BCUT2D eigenvalue weighted by Crippen LogP contribution is -2.27. The number of halogens is 1. The Hall–Kier alpha value is -2.96. The molecule has 0 unspecified atom stereocenters. The summed E-state index contributed by atoms with van der Waals surface area (Å²) in [6, 6.07) is 13.3. The van der Waals surface area contributed by atoms with Crippen LogP contribution in [0.3, 0.4) is 0 Å². The van der Waals surface area contributed by atoms with Gasteiger partial charge in [0.05, 0.1) is 11.7 Å². The molecule has 0 aliphatic heterocycles. The Morgan fingerprint density at radius 1 is 1.17 bits per heavy atom. The second kappa shape index (κ2) is 7.81. The molecule has 146 valence electrons. The largest absolute Gasteiger partial charge is 0.324 e. The van der Waals surface area contributed by atoms with Crippen molar-refractivity contribution in [2.45, 2.75) is 20.4 Å². The molecule has 0 bridgehead atoms. The highest BCUT2D eigenvalue weighted by Crippen LogP contribution is 2.30. The fraction of sp³-hybridized carbons (Fsp3) is 0.136. The van der Waals surface area contributed by atoms with Crippen LogP contribution in [0.15, 0.2) is 59.0 Å². The molecule has 0 fully saturated rings. The Bertz CT molecular complexity index is 1280. The van der Waals surface area contributed by atoms with E-state index in [9.17, 15) is 9.59 Å². The predicted molar refractivity (Wildman–Crippen MR) is 119 cm³/mol. The molecule has 0 saturated carbocycles. The Kier molecular flexibility index (Phi) is 5.22. The number of amides is 1. The van der Waals surface area contributed by atoms with Crippen LogP contribution < -0.4 is 10.9 Å². The van der Waals surface area contributed by atoms with E-state index in [1.807, 2.05) is 49.6 Å².